The molecule has 3 heterocycles. The van der Waals surface area contributed by atoms with Crippen molar-refractivity contribution in [3.63, 3.8) is 0 Å². The van der Waals surface area contributed by atoms with Gasteiger partial charge in [0.15, 0.2) is 0 Å². The number of anilines is 1. The Kier molecular flexibility index (Phi) is 5.19. The Balaban J connectivity index is 1.25. The molecular weight excluding hydrogens is 428 g/mol. The van der Waals surface area contributed by atoms with E-state index in [1.54, 1.807) is 17.0 Å². The Morgan fingerprint density at radius 2 is 1.79 bits per heavy atom. The van der Waals surface area contributed by atoms with Crippen molar-refractivity contribution in [2.75, 3.05) is 31.2 Å². The van der Waals surface area contributed by atoms with Gasteiger partial charge in [-0.05, 0) is 34.9 Å². The minimum Gasteiger partial charge on any atom is -0.507 e. The van der Waals surface area contributed by atoms with Crippen LogP contribution in [0.4, 0.5) is 5.69 Å². The fourth-order valence-corrected chi connectivity index (χ4v) is 4.92. The molecule has 1 aromatic heterocycles. The summed E-state index contributed by atoms with van der Waals surface area (Å²) < 4.78 is 5.46. The first kappa shape index (κ1) is 20.7. The van der Waals surface area contributed by atoms with Gasteiger partial charge >= 0.3 is 0 Å². The number of carbonyl (C=O) groups excluding carboxylic acids is 1. The fraction of sp³-hybridized carbons (Fsp3) is 0.259. The number of H-pyrrole nitrogens is 1. The predicted octanol–water partition coefficient (Wildman–Crippen LogP) is 3.85. The molecule has 34 heavy (non-hydrogen) atoms. The maximum absolute atomic E-state index is 13.5. The van der Waals surface area contributed by atoms with Crippen LogP contribution in [0, 0.1) is 0 Å². The minimum absolute atomic E-state index is 0.0302. The summed E-state index contributed by atoms with van der Waals surface area (Å²) in [6, 6.07) is 19.9. The number of carbonyl (C=O) groups is 1. The van der Waals surface area contributed by atoms with E-state index in [2.05, 4.69) is 45.4 Å². The van der Waals surface area contributed by atoms with E-state index in [0.717, 1.165) is 59.6 Å². The molecule has 2 aliphatic rings. The maximum Gasteiger partial charge on any atom is 0.258 e. The summed E-state index contributed by atoms with van der Waals surface area (Å²) in [5.74, 6) is -0.201. The molecule has 7 nitrogen and oxygen atoms in total. The molecule has 1 saturated heterocycles. The van der Waals surface area contributed by atoms with E-state index in [9.17, 15) is 9.90 Å². The summed E-state index contributed by atoms with van der Waals surface area (Å²) >= 11 is 0. The number of phenolic OH excluding ortho intramolecular Hbond substituents is 1. The van der Waals surface area contributed by atoms with Crippen LogP contribution in [0.1, 0.15) is 32.7 Å². The summed E-state index contributed by atoms with van der Waals surface area (Å²) in [5.41, 5.74) is 6.51. The molecule has 0 spiro atoms. The topological polar surface area (TPSA) is 81.7 Å². The molecule has 0 aliphatic carbocycles. The number of hydrogen-bond acceptors (Lipinski definition) is 5. The van der Waals surface area contributed by atoms with Crippen molar-refractivity contribution in [2.24, 2.45) is 0 Å². The van der Waals surface area contributed by atoms with Crippen LogP contribution >= 0.6 is 0 Å². The number of aromatic hydroxyl groups is 1. The van der Waals surface area contributed by atoms with Gasteiger partial charge < -0.3 is 19.6 Å². The maximum atomic E-state index is 13.5. The van der Waals surface area contributed by atoms with Crippen LogP contribution < -0.4 is 4.90 Å². The van der Waals surface area contributed by atoms with E-state index in [4.69, 9.17) is 4.74 Å². The van der Waals surface area contributed by atoms with E-state index >= 15 is 0 Å². The zero-order valence-corrected chi connectivity index (χ0v) is 18.8. The average molecular weight is 455 g/mol. The monoisotopic (exact) mass is 454 g/mol. The molecule has 0 radical (unpaired) electrons. The molecule has 0 bridgehead atoms. The van der Waals surface area contributed by atoms with E-state index in [1.807, 2.05) is 18.2 Å². The highest BCUT2D eigenvalue weighted by atomic mass is 16.5. The number of aromatic nitrogens is 2. The molecule has 0 atom stereocenters. The number of rotatable bonds is 4. The second-order valence-corrected chi connectivity index (χ2v) is 8.96. The lowest BCUT2D eigenvalue weighted by Gasteiger charge is -2.29. The molecule has 1 fully saturated rings. The smallest absolute Gasteiger partial charge is 0.258 e. The zero-order chi connectivity index (χ0) is 23.1. The number of hydrogen-bond donors (Lipinski definition) is 2. The molecule has 4 aromatic rings. The van der Waals surface area contributed by atoms with Gasteiger partial charge in [-0.2, -0.15) is 5.10 Å². The van der Waals surface area contributed by atoms with Crippen LogP contribution in [-0.4, -0.2) is 52.4 Å². The zero-order valence-electron chi connectivity index (χ0n) is 18.8. The van der Waals surface area contributed by atoms with Gasteiger partial charge in [-0.3, -0.25) is 9.89 Å². The second-order valence-electron chi connectivity index (χ2n) is 8.96. The Morgan fingerprint density at radius 1 is 1.00 bits per heavy atom. The lowest BCUT2D eigenvalue weighted by atomic mass is 10.0. The van der Waals surface area contributed by atoms with Crippen molar-refractivity contribution in [1.82, 2.24) is 15.1 Å². The number of aromatic amines is 1. The van der Waals surface area contributed by atoms with Gasteiger partial charge in [0.25, 0.3) is 5.91 Å². The van der Waals surface area contributed by atoms with Crippen LogP contribution in [0.15, 0.2) is 60.7 Å². The van der Waals surface area contributed by atoms with Crippen LogP contribution in [0.25, 0.3) is 10.9 Å². The molecular formula is C27H26N4O3. The number of phenols is 1. The third-order valence-electron chi connectivity index (χ3n) is 6.78. The first-order valence-corrected chi connectivity index (χ1v) is 11.6. The Hall–Kier alpha value is -3.84. The molecule has 7 heteroatoms. The third kappa shape index (κ3) is 3.78. The van der Waals surface area contributed by atoms with E-state index in [1.165, 1.54) is 5.69 Å². The Morgan fingerprint density at radius 3 is 2.62 bits per heavy atom. The SMILES string of the molecule is O=C(c1cc2c(Cc3ccccc3)n[nH]c2cc1O)N1Cc2ccc(N3CCOCC3)cc2C1. The molecule has 6 rings (SSSR count). The van der Waals surface area contributed by atoms with E-state index < -0.39 is 0 Å². The molecule has 2 N–H and O–H groups in total. The van der Waals surface area contributed by atoms with Gasteiger partial charge in [-0.25, -0.2) is 0 Å². The lowest BCUT2D eigenvalue weighted by Crippen LogP contribution is -2.36. The lowest BCUT2D eigenvalue weighted by molar-refractivity contribution is 0.0748. The normalized spacial score (nSPS) is 15.6. The van der Waals surface area contributed by atoms with Gasteiger partial charge in [0.05, 0.1) is 30.0 Å². The van der Waals surface area contributed by atoms with Gasteiger partial charge in [-0.1, -0.05) is 36.4 Å². The summed E-state index contributed by atoms with van der Waals surface area (Å²) in [6.07, 6.45) is 0.652. The molecule has 172 valence electrons. The van der Waals surface area contributed by atoms with Crippen molar-refractivity contribution < 1.29 is 14.6 Å². The van der Waals surface area contributed by atoms with Gasteiger partial charge in [-0.15, -0.1) is 0 Å². The van der Waals surface area contributed by atoms with Crippen molar-refractivity contribution >= 4 is 22.5 Å². The first-order valence-electron chi connectivity index (χ1n) is 11.6. The molecule has 1 amide bonds. The van der Waals surface area contributed by atoms with E-state index in [0.29, 0.717) is 25.1 Å². The number of nitrogens with one attached hydrogen (secondary N) is 1. The number of amides is 1. The predicted molar refractivity (Wildman–Crippen MR) is 130 cm³/mol. The molecule has 2 aliphatic heterocycles. The third-order valence-corrected chi connectivity index (χ3v) is 6.78. The second kappa shape index (κ2) is 8.50. The summed E-state index contributed by atoms with van der Waals surface area (Å²) in [5, 5.41) is 18.9. The number of fused-ring (bicyclic) bond motifs is 2. The molecule has 3 aromatic carbocycles. The number of ether oxygens (including phenoxy) is 1. The minimum atomic E-state index is -0.171. The summed E-state index contributed by atoms with van der Waals surface area (Å²) in [6.45, 7) is 4.31. The highest BCUT2D eigenvalue weighted by Crippen LogP contribution is 2.32. The fourth-order valence-electron chi connectivity index (χ4n) is 4.92. The van der Waals surface area contributed by atoms with Crippen LogP contribution in [-0.2, 0) is 24.2 Å². The number of benzene rings is 3. The highest BCUT2D eigenvalue weighted by molar-refractivity contribution is 6.01. The summed E-state index contributed by atoms with van der Waals surface area (Å²) in [4.78, 5) is 17.6. The molecule has 0 unspecified atom stereocenters. The number of nitrogens with zero attached hydrogens (tertiary/aromatic N) is 3. The standard InChI is InChI=1S/C27H26N4O3/c32-26-15-25-22(24(28-29-25)12-18-4-2-1-3-5-18)14-23(26)27(33)31-16-19-6-7-21(13-20(19)17-31)30-8-10-34-11-9-30/h1-7,13-15,32H,8-12,16-17H2,(H,28,29). The molecule has 0 saturated carbocycles. The number of morpholine rings is 1. The van der Waals surface area contributed by atoms with Gasteiger partial charge in [0.2, 0.25) is 0 Å². The Labute approximate surface area is 197 Å². The van der Waals surface area contributed by atoms with E-state index in [-0.39, 0.29) is 11.7 Å². The van der Waals surface area contributed by atoms with Crippen LogP contribution in [0.3, 0.4) is 0 Å². The largest absolute Gasteiger partial charge is 0.507 e. The van der Waals surface area contributed by atoms with Crippen molar-refractivity contribution in [1.29, 1.82) is 0 Å². The van der Waals surface area contributed by atoms with Gasteiger partial charge in [0, 0.05) is 49.7 Å². The van der Waals surface area contributed by atoms with Crippen LogP contribution in [0.2, 0.25) is 0 Å². The summed E-state index contributed by atoms with van der Waals surface area (Å²) in [7, 11) is 0. The quantitative estimate of drug-likeness (QED) is 0.490. The highest BCUT2D eigenvalue weighted by Gasteiger charge is 2.27. The van der Waals surface area contributed by atoms with Gasteiger partial charge in [0.1, 0.15) is 5.75 Å². The van der Waals surface area contributed by atoms with Crippen molar-refractivity contribution in [2.45, 2.75) is 19.5 Å². The van der Waals surface area contributed by atoms with Crippen molar-refractivity contribution in [3.05, 3.63) is 88.6 Å². The van der Waals surface area contributed by atoms with Crippen molar-refractivity contribution in [3.8, 4) is 5.75 Å². The Bertz CT molecular complexity index is 1360. The average Bonchev–Trinajstić information content (AvgIpc) is 3.47. The van der Waals surface area contributed by atoms with Crippen LogP contribution in [0.5, 0.6) is 5.75 Å². The first-order chi connectivity index (χ1) is 16.7.